The summed E-state index contributed by atoms with van der Waals surface area (Å²) in [6, 6.07) is 3.58. The lowest BCUT2D eigenvalue weighted by Crippen LogP contribution is -2.04. The average molecular weight is 279 g/mol. The highest BCUT2D eigenvalue weighted by atomic mass is 35.5. The summed E-state index contributed by atoms with van der Waals surface area (Å²) in [5.74, 6) is 0.699. The van der Waals surface area contributed by atoms with Crippen molar-refractivity contribution in [3.63, 3.8) is 0 Å². The van der Waals surface area contributed by atoms with Gasteiger partial charge in [-0.25, -0.2) is 0 Å². The van der Waals surface area contributed by atoms with Gasteiger partial charge in [0.05, 0.1) is 12.2 Å². The van der Waals surface area contributed by atoms with E-state index in [0.717, 1.165) is 23.1 Å². The van der Waals surface area contributed by atoms with Gasteiger partial charge in [0.15, 0.2) is 5.78 Å². The van der Waals surface area contributed by atoms with Crippen LogP contribution in [-0.4, -0.2) is 12.4 Å². The first-order valence-electron chi connectivity index (χ1n) is 5.69. The molecule has 0 saturated carbocycles. The highest BCUT2D eigenvalue weighted by Gasteiger charge is 2.23. The number of fused-ring (bicyclic) bond motifs is 1. The number of hydrogen-bond acceptors (Lipinski definition) is 3. The number of carbonyl (C=O) groups excluding carboxylic acids is 1. The van der Waals surface area contributed by atoms with Crippen molar-refractivity contribution in [2.45, 2.75) is 13.3 Å². The molecular formula is C14H11ClO2S. The van der Waals surface area contributed by atoms with E-state index in [2.05, 4.69) is 0 Å². The molecule has 0 atom stereocenters. The topological polar surface area (TPSA) is 26.3 Å². The highest BCUT2D eigenvalue weighted by Crippen LogP contribution is 2.34. The molecule has 1 aliphatic rings. The first-order chi connectivity index (χ1) is 8.66. The number of thiophene rings is 1. The van der Waals surface area contributed by atoms with Crippen LogP contribution in [0.1, 0.15) is 27.0 Å². The number of hydrogen-bond donors (Lipinski definition) is 0. The van der Waals surface area contributed by atoms with E-state index in [1.165, 1.54) is 11.3 Å². The summed E-state index contributed by atoms with van der Waals surface area (Å²) in [5.41, 5.74) is 3.34. The van der Waals surface area contributed by atoms with Gasteiger partial charge in [-0.15, -0.1) is 0 Å². The fourth-order valence-electron chi connectivity index (χ4n) is 2.18. The van der Waals surface area contributed by atoms with Gasteiger partial charge in [0, 0.05) is 22.4 Å². The molecule has 0 aliphatic carbocycles. The van der Waals surface area contributed by atoms with Gasteiger partial charge in [0.1, 0.15) is 5.75 Å². The fourth-order valence-corrected chi connectivity index (χ4v) is 3.25. The lowest BCUT2D eigenvalue weighted by molar-refractivity contribution is 0.103. The second-order valence-electron chi connectivity index (χ2n) is 4.34. The molecule has 0 N–H and O–H groups in total. The van der Waals surface area contributed by atoms with Crippen LogP contribution in [-0.2, 0) is 6.42 Å². The maximum atomic E-state index is 12.5. The SMILES string of the molecule is Cc1cscc1C(=O)c1cc(Cl)cc2c1OCC2. The Hall–Kier alpha value is -1.32. The minimum atomic E-state index is -0.00519. The lowest BCUT2D eigenvalue weighted by atomic mass is 9.99. The predicted octanol–water partition coefficient (Wildman–Crippen LogP) is 3.88. The fraction of sp³-hybridized carbons (Fsp3) is 0.214. The standard InChI is InChI=1S/C14H11ClO2S/c1-8-6-18-7-12(8)13(16)11-5-10(15)4-9-2-3-17-14(9)11/h4-7H,2-3H2,1H3. The first-order valence-corrected chi connectivity index (χ1v) is 7.01. The van der Waals surface area contributed by atoms with Gasteiger partial charge >= 0.3 is 0 Å². The van der Waals surface area contributed by atoms with E-state index in [0.29, 0.717) is 22.9 Å². The zero-order chi connectivity index (χ0) is 12.7. The van der Waals surface area contributed by atoms with Crippen molar-refractivity contribution in [3.05, 3.63) is 50.2 Å². The summed E-state index contributed by atoms with van der Waals surface area (Å²) in [6.07, 6.45) is 0.818. The van der Waals surface area contributed by atoms with Crippen molar-refractivity contribution in [2.24, 2.45) is 0 Å². The maximum absolute atomic E-state index is 12.5. The van der Waals surface area contributed by atoms with E-state index in [1.807, 2.05) is 23.8 Å². The van der Waals surface area contributed by atoms with Gasteiger partial charge in [-0.05, 0) is 35.6 Å². The van der Waals surface area contributed by atoms with Crippen molar-refractivity contribution in [3.8, 4) is 5.75 Å². The minimum absolute atomic E-state index is 0.00519. The monoisotopic (exact) mass is 278 g/mol. The molecule has 0 amide bonds. The maximum Gasteiger partial charge on any atom is 0.197 e. The van der Waals surface area contributed by atoms with E-state index in [-0.39, 0.29) is 5.78 Å². The van der Waals surface area contributed by atoms with Crippen LogP contribution in [0.4, 0.5) is 0 Å². The molecule has 4 heteroatoms. The predicted molar refractivity (Wildman–Crippen MR) is 73.1 cm³/mol. The van der Waals surface area contributed by atoms with Crippen LogP contribution in [0.2, 0.25) is 5.02 Å². The third-order valence-electron chi connectivity index (χ3n) is 3.09. The molecule has 1 aromatic heterocycles. The Kier molecular flexibility index (Phi) is 2.88. The molecule has 2 heterocycles. The third kappa shape index (κ3) is 1.84. The van der Waals surface area contributed by atoms with Crippen LogP contribution >= 0.6 is 22.9 Å². The van der Waals surface area contributed by atoms with Gasteiger partial charge in [-0.3, -0.25) is 4.79 Å². The van der Waals surface area contributed by atoms with Gasteiger partial charge in [-0.1, -0.05) is 11.6 Å². The van der Waals surface area contributed by atoms with Crippen molar-refractivity contribution in [1.29, 1.82) is 0 Å². The minimum Gasteiger partial charge on any atom is -0.492 e. The summed E-state index contributed by atoms with van der Waals surface area (Å²) in [5, 5.41) is 4.44. The first kappa shape index (κ1) is 11.8. The van der Waals surface area contributed by atoms with Crippen LogP contribution in [0.25, 0.3) is 0 Å². The van der Waals surface area contributed by atoms with Crippen LogP contribution in [0, 0.1) is 6.92 Å². The van der Waals surface area contributed by atoms with E-state index in [9.17, 15) is 4.79 Å². The average Bonchev–Trinajstić information content (AvgIpc) is 2.95. The van der Waals surface area contributed by atoms with Crippen molar-refractivity contribution >= 4 is 28.7 Å². The number of ether oxygens (including phenoxy) is 1. The van der Waals surface area contributed by atoms with E-state index in [4.69, 9.17) is 16.3 Å². The Morgan fingerprint density at radius 3 is 2.89 bits per heavy atom. The molecular weight excluding hydrogens is 268 g/mol. The number of aryl methyl sites for hydroxylation is 1. The highest BCUT2D eigenvalue weighted by molar-refractivity contribution is 7.08. The Balaban J connectivity index is 2.13. The Bertz CT molecular complexity index is 631. The molecule has 0 saturated heterocycles. The summed E-state index contributed by atoms with van der Waals surface area (Å²) >= 11 is 7.60. The molecule has 1 aromatic carbocycles. The third-order valence-corrected chi connectivity index (χ3v) is 4.17. The number of rotatable bonds is 2. The Morgan fingerprint density at radius 2 is 2.17 bits per heavy atom. The second-order valence-corrected chi connectivity index (χ2v) is 5.52. The molecule has 0 spiro atoms. The van der Waals surface area contributed by atoms with Crippen LogP contribution in [0.15, 0.2) is 22.9 Å². The Labute approximate surface area is 114 Å². The normalized spacial score (nSPS) is 13.2. The van der Waals surface area contributed by atoms with Crippen molar-refractivity contribution in [2.75, 3.05) is 6.61 Å². The van der Waals surface area contributed by atoms with Crippen molar-refractivity contribution < 1.29 is 9.53 Å². The summed E-state index contributed by atoms with van der Waals surface area (Å²) in [6.45, 7) is 2.56. The van der Waals surface area contributed by atoms with Gasteiger partial charge in [0.25, 0.3) is 0 Å². The smallest absolute Gasteiger partial charge is 0.197 e. The van der Waals surface area contributed by atoms with E-state index >= 15 is 0 Å². The van der Waals surface area contributed by atoms with Crippen LogP contribution in [0.5, 0.6) is 5.75 Å². The van der Waals surface area contributed by atoms with E-state index < -0.39 is 0 Å². The molecule has 18 heavy (non-hydrogen) atoms. The number of ketones is 1. The molecule has 0 unspecified atom stereocenters. The van der Waals surface area contributed by atoms with Gasteiger partial charge in [-0.2, -0.15) is 11.3 Å². The summed E-state index contributed by atoms with van der Waals surface area (Å²) in [4.78, 5) is 12.5. The van der Waals surface area contributed by atoms with E-state index in [1.54, 1.807) is 6.07 Å². The summed E-state index contributed by atoms with van der Waals surface area (Å²) < 4.78 is 5.57. The zero-order valence-electron chi connectivity index (χ0n) is 9.83. The van der Waals surface area contributed by atoms with Gasteiger partial charge in [0.2, 0.25) is 0 Å². The lowest BCUT2D eigenvalue weighted by Gasteiger charge is -2.08. The van der Waals surface area contributed by atoms with Crippen molar-refractivity contribution in [1.82, 2.24) is 0 Å². The van der Waals surface area contributed by atoms with Gasteiger partial charge < -0.3 is 4.74 Å². The largest absolute Gasteiger partial charge is 0.492 e. The molecule has 92 valence electrons. The van der Waals surface area contributed by atoms with Crippen LogP contribution < -0.4 is 4.74 Å². The number of halogens is 1. The Morgan fingerprint density at radius 1 is 1.33 bits per heavy atom. The summed E-state index contributed by atoms with van der Waals surface area (Å²) in [7, 11) is 0. The quantitative estimate of drug-likeness (QED) is 0.780. The van der Waals surface area contributed by atoms with Crippen LogP contribution in [0.3, 0.4) is 0 Å². The molecule has 0 bridgehead atoms. The second kappa shape index (κ2) is 4.41. The number of benzene rings is 1. The number of carbonyl (C=O) groups is 1. The molecule has 2 aromatic rings. The molecule has 2 nitrogen and oxygen atoms in total. The molecule has 0 fully saturated rings. The zero-order valence-corrected chi connectivity index (χ0v) is 11.4. The molecule has 1 aliphatic heterocycles. The molecule has 0 radical (unpaired) electrons. The molecule has 3 rings (SSSR count).